The van der Waals surface area contributed by atoms with Gasteiger partial charge in [0.15, 0.2) is 0 Å². The molecule has 2 rings (SSSR count). The Morgan fingerprint density at radius 1 is 1.26 bits per heavy atom. The molecule has 1 aromatic carbocycles. The summed E-state index contributed by atoms with van der Waals surface area (Å²) in [6.45, 7) is 1.18. The van der Waals surface area contributed by atoms with Gasteiger partial charge in [0.2, 0.25) is 0 Å². The molecule has 0 bridgehead atoms. The molecular formula is C13H15ClF3NO. The summed E-state index contributed by atoms with van der Waals surface area (Å²) in [6, 6.07) is 3.41. The smallest absolute Gasteiger partial charge is 0.381 e. The maximum Gasteiger partial charge on any atom is 0.417 e. The zero-order valence-electron chi connectivity index (χ0n) is 10.2. The van der Waals surface area contributed by atoms with Crippen LogP contribution in [0.3, 0.4) is 0 Å². The second kappa shape index (κ2) is 5.69. The number of hydrogen-bond donors (Lipinski definition) is 1. The molecule has 1 atom stereocenters. The Morgan fingerprint density at radius 2 is 1.89 bits per heavy atom. The van der Waals surface area contributed by atoms with Crippen molar-refractivity contribution in [2.75, 3.05) is 13.2 Å². The van der Waals surface area contributed by atoms with Crippen molar-refractivity contribution in [3.63, 3.8) is 0 Å². The lowest BCUT2D eigenvalue weighted by molar-refractivity contribution is -0.137. The average molecular weight is 294 g/mol. The molecule has 106 valence electrons. The molecule has 1 aromatic rings. The van der Waals surface area contributed by atoms with Gasteiger partial charge in [-0.2, -0.15) is 13.2 Å². The largest absolute Gasteiger partial charge is 0.417 e. The molecule has 6 heteroatoms. The third-order valence-electron chi connectivity index (χ3n) is 3.47. The molecule has 1 heterocycles. The fourth-order valence-corrected chi connectivity index (χ4v) is 2.71. The first-order valence-electron chi connectivity index (χ1n) is 6.10. The van der Waals surface area contributed by atoms with Crippen molar-refractivity contribution >= 4 is 11.6 Å². The number of alkyl halides is 3. The fourth-order valence-electron chi connectivity index (χ4n) is 2.36. The lowest BCUT2D eigenvalue weighted by Gasteiger charge is -2.29. The Kier molecular flexibility index (Phi) is 4.38. The van der Waals surface area contributed by atoms with Gasteiger partial charge in [-0.3, -0.25) is 0 Å². The molecule has 0 radical (unpaired) electrons. The van der Waals surface area contributed by atoms with E-state index in [1.165, 1.54) is 6.07 Å². The van der Waals surface area contributed by atoms with Gasteiger partial charge in [-0.05, 0) is 30.4 Å². The molecular weight excluding hydrogens is 279 g/mol. The molecule has 0 saturated carbocycles. The van der Waals surface area contributed by atoms with Crippen molar-refractivity contribution in [2.45, 2.75) is 25.1 Å². The zero-order chi connectivity index (χ0) is 14.0. The van der Waals surface area contributed by atoms with Crippen molar-refractivity contribution in [1.82, 2.24) is 0 Å². The minimum Gasteiger partial charge on any atom is -0.381 e. The number of benzene rings is 1. The van der Waals surface area contributed by atoms with Crippen molar-refractivity contribution in [3.05, 3.63) is 34.3 Å². The van der Waals surface area contributed by atoms with Gasteiger partial charge in [-0.25, -0.2) is 0 Å². The first kappa shape index (κ1) is 14.6. The topological polar surface area (TPSA) is 35.2 Å². The third-order valence-corrected chi connectivity index (χ3v) is 3.89. The van der Waals surface area contributed by atoms with E-state index < -0.39 is 17.8 Å². The van der Waals surface area contributed by atoms with Gasteiger partial charge in [0.05, 0.1) is 10.6 Å². The first-order valence-corrected chi connectivity index (χ1v) is 6.48. The SMILES string of the molecule is N[C@H](c1cccc(C(F)(F)F)c1Cl)C1CCOCC1. The summed E-state index contributed by atoms with van der Waals surface area (Å²) in [5.41, 5.74) is 5.61. The Morgan fingerprint density at radius 3 is 2.47 bits per heavy atom. The monoisotopic (exact) mass is 293 g/mol. The van der Waals surface area contributed by atoms with Gasteiger partial charge in [0.25, 0.3) is 0 Å². The second-order valence-corrected chi connectivity index (χ2v) is 5.06. The van der Waals surface area contributed by atoms with Crippen LogP contribution in [0.25, 0.3) is 0 Å². The molecule has 0 spiro atoms. The van der Waals surface area contributed by atoms with E-state index in [9.17, 15) is 13.2 Å². The molecule has 0 aliphatic carbocycles. The van der Waals surface area contributed by atoms with Crippen LogP contribution in [0.15, 0.2) is 18.2 Å². The van der Waals surface area contributed by atoms with E-state index in [-0.39, 0.29) is 10.9 Å². The maximum absolute atomic E-state index is 12.8. The van der Waals surface area contributed by atoms with E-state index in [1.54, 1.807) is 6.07 Å². The quantitative estimate of drug-likeness (QED) is 0.900. The van der Waals surface area contributed by atoms with Crippen LogP contribution >= 0.6 is 11.6 Å². The van der Waals surface area contributed by atoms with Gasteiger partial charge in [0.1, 0.15) is 0 Å². The normalized spacial score (nSPS) is 19.4. The molecule has 0 unspecified atom stereocenters. The Hall–Kier alpha value is -0.780. The summed E-state index contributed by atoms with van der Waals surface area (Å²) in [5, 5.41) is -0.283. The summed E-state index contributed by atoms with van der Waals surface area (Å²) in [4.78, 5) is 0. The molecule has 1 aliphatic rings. The van der Waals surface area contributed by atoms with Gasteiger partial charge in [0, 0.05) is 19.3 Å². The lowest BCUT2D eigenvalue weighted by atomic mass is 9.87. The van der Waals surface area contributed by atoms with E-state index in [0.717, 1.165) is 18.9 Å². The summed E-state index contributed by atoms with van der Waals surface area (Å²) in [6.07, 6.45) is -2.97. The van der Waals surface area contributed by atoms with Crippen LogP contribution in [0.2, 0.25) is 5.02 Å². The number of ether oxygens (including phenoxy) is 1. The molecule has 1 fully saturated rings. The van der Waals surface area contributed by atoms with Crippen LogP contribution in [-0.2, 0) is 10.9 Å². The van der Waals surface area contributed by atoms with Crippen LogP contribution in [0, 0.1) is 5.92 Å². The van der Waals surface area contributed by atoms with E-state index in [0.29, 0.717) is 18.8 Å². The van der Waals surface area contributed by atoms with Crippen molar-refractivity contribution in [3.8, 4) is 0 Å². The zero-order valence-corrected chi connectivity index (χ0v) is 11.0. The van der Waals surface area contributed by atoms with Crippen LogP contribution in [-0.4, -0.2) is 13.2 Å². The molecule has 1 aliphatic heterocycles. The van der Waals surface area contributed by atoms with Gasteiger partial charge in [-0.15, -0.1) is 0 Å². The molecule has 0 aromatic heterocycles. The minimum absolute atomic E-state index is 0.106. The van der Waals surface area contributed by atoms with Gasteiger partial charge in [-0.1, -0.05) is 23.7 Å². The highest BCUT2D eigenvalue weighted by molar-refractivity contribution is 6.32. The van der Waals surface area contributed by atoms with Crippen LogP contribution in [0.5, 0.6) is 0 Å². The summed E-state index contributed by atoms with van der Waals surface area (Å²) in [5.74, 6) is 0.106. The standard InChI is InChI=1S/C13H15ClF3NO/c14-11-9(2-1-3-10(11)13(15,16)17)12(18)8-4-6-19-7-5-8/h1-3,8,12H,4-7,18H2/t12-/m0/s1. The molecule has 19 heavy (non-hydrogen) atoms. The first-order chi connectivity index (χ1) is 8.91. The van der Waals surface area contributed by atoms with Crippen LogP contribution in [0.4, 0.5) is 13.2 Å². The van der Waals surface area contributed by atoms with E-state index in [4.69, 9.17) is 22.1 Å². The van der Waals surface area contributed by atoms with E-state index >= 15 is 0 Å². The van der Waals surface area contributed by atoms with Crippen LogP contribution < -0.4 is 5.73 Å². The number of halogens is 4. The lowest BCUT2D eigenvalue weighted by Crippen LogP contribution is -2.28. The molecule has 1 saturated heterocycles. The molecule has 2 N–H and O–H groups in total. The van der Waals surface area contributed by atoms with E-state index in [1.807, 2.05) is 0 Å². The number of rotatable bonds is 2. The number of nitrogens with two attached hydrogens (primary N) is 1. The highest BCUT2D eigenvalue weighted by Crippen LogP contribution is 2.40. The third kappa shape index (κ3) is 3.22. The minimum atomic E-state index is -4.46. The van der Waals surface area contributed by atoms with Crippen molar-refractivity contribution in [1.29, 1.82) is 0 Å². The average Bonchev–Trinajstić information content (AvgIpc) is 2.38. The van der Waals surface area contributed by atoms with E-state index in [2.05, 4.69) is 0 Å². The fraction of sp³-hybridized carbons (Fsp3) is 0.538. The van der Waals surface area contributed by atoms with Crippen molar-refractivity contribution in [2.24, 2.45) is 11.7 Å². The predicted molar refractivity (Wildman–Crippen MR) is 66.9 cm³/mol. The summed E-state index contributed by atoms with van der Waals surface area (Å²) >= 11 is 5.88. The predicted octanol–water partition coefficient (Wildman–Crippen LogP) is 3.79. The Labute approximate surface area is 114 Å². The number of hydrogen-bond acceptors (Lipinski definition) is 2. The molecule has 2 nitrogen and oxygen atoms in total. The second-order valence-electron chi connectivity index (χ2n) is 4.68. The van der Waals surface area contributed by atoms with Crippen molar-refractivity contribution < 1.29 is 17.9 Å². The Bertz CT molecular complexity index is 444. The van der Waals surface area contributed by atoms with Gasteiger partial charge >= 0.3 is 6.18 Å². The molecule has 0 amide bonds. The Balaban J connectivity index is 2.29. The summed E-state index contributed by atoms with van der Waals surface area (Å²) < 4.78 is 43.6. The highest BCUT2D eigenvalue weighted by atomic mass is 35.5. The maximum atomic E-state index is 12.8. The highest BCUT2D eigenvalue weighted by Gasteiger charge is 2.35. The van der Waals surface area contributed by atoms with Crippen LogP contribution in [0.1, 0.15) is 30.0 Å². The van der Waals surface area contributed by atoms with Gasteiger partial charge < -0.3 is 10.5 Å². The summed E-state index contributed by atoms with van der Waals surface area (Å²) in [7, 11) is 0.